The summed E-state index contributed by atoms with van der Waals surface area (Å²) >= 11 is 0. The van der Waals surface area contributed by atoms with E-state index in [4.69, 9.17) is 0 Å². The SMILES string of the molecule is Cc1ccn(CC(C)(C)C)n1. The lowest BCUT2D eigenvalue weighted by molar-refractivity contribution is 0.325. The standard InChI is InChI=1S/C9H16N2/c1-8-5-6-11(10-8)7-9(2,3)4/h5-6H,7H2,1-4H3. The van der Waals surface area contributed by atoms with Gasteiger partial charge in [0, 0.05) is 12.7 Å². The van der Waals surface area contributed by atoms with E-state index in [1.807, 2.05) is 23.9 Å². The van der Waals surface area contributed by atoms with Crippen molar-refractivity contribution in [1.82, 2.24) is 9.78 Å². The van der Waals surface area contributed by atoms with Gasteiger partial charge in [0.2, 0.25) is 0 Å². The van der Waals surface area contributed by atoms with E-state index in [-0.39, 0.29) is 0 Å². The first-order valence-corrected chi connectivity index (χ1v) is 3.97. The first kappa shape index (κ1) is 8.31. The predicted octanol–water partition coefficient (Wildman–Crippen LogP) is 2.24. The van der Waals surface area contributed by atoms with Crippen molar-refractivity contribution in [1.29, 1.82) is 0 Å². The second-order valence-electron chi connectivity index (χ2n) is 4.22. The van der Waals surface area contributed by atoms with Crippen LogP contribution in [0.4, 0.5) is 0 Å². The van der Waals surface area contributed by atoms with E-state index in [0.717, 1.165) is 12.2 Å². The Morgan fingerprint density at radius 3 is 2.45 bits per heavy atom. The molecule has 0 saturated heterocycles. The van der Waals surface area contributed by atoms with Crippen LogP contribution in [0.3, 0.4) is 0 Å². The highest BCUT2D eigenvalue weighted by atomic mass is 15.3. The Hall–Kier alpha value is -0.790. The molecule has 62 valence electrons. The van der Waals surface area contributed by atoms with Gasteiger partial charge in [-0.3, -0.25) is 4.68 Å². The Morgan fingerprint density at radius 1 is 1.45 bits per heavy atom. The minimum absolute atomic E-state index is 0.318. The van der Waals surface area contributed by atoms with Crippen molar-refractivity contribution in [2.24, 2.45) is 5.41 Å². The van der Waals surface area contributed by atoms with Crippen LogP contribution in [0.2, 0.25) is 0 Å². The van der Waals surface area contributed by atoms with Gasteiger partial charge in [0.15, 0.2) is 0 Å². The number of aromatic nitrogens is 2. The Balaban J connectivity index is 2.65. The molecule has 0 bridgehead atoms. The minimum atomic E-state index is 0.318. The molecule has 0 aliphatic carbocycles. The second kappa shape index (κ2) is 2.68. The van der Waals surface area contributed by atoms with E-state index in [0.29, 0.717) is 5.41 Å². The first-order valence-electron chi connectivity index (χ1n) is 3.97. The van der Waals surface area contributed by atoms with Gasteiger partial charge in [-0.05, 0) is 18.4 Å². The fourth-order valence-electron chi connectivity index (χ4n) is 1.04. The highest BCUT2D eigenvalue weighted by Crippen LogP contribution is 2.15. The van der Waals surface area contributed by atoms with Crippen LogP contribution in [0.25, 0.3) is 0 Å². The molecule has 0 radical (unpaired) electrons. The summed E-state index contributed by atoms with van der Waals surface area (Å²) in [5.74, 6) is 0. The van der Waals surface area contributed by atoms with Gasteiger partial charge in [-0.2, -0.15) is 5.10 Å². The third kappa shape index (κ3) is 2.74. The van der Waals surface area contributed by atoms with Crippen molar-refractivity contribution in [3.05, 3.63) is 18.0 Å². The van der Waals surface area contributed by atoms with Crippen molar-refractivity contribution < 1.29 is 0 Å². The number of hydrogen-bond acceptors (Lipinski definition) is 1. The molecule has 2 heteroatoms. The molecular formula is C9H16N2. The number of rotatable bonds is 1. The van der Waals surface area contributed by atoms with E-state index < -0.39 is 0 Å². The molecule has 0 aliphatic rings. The van der Waals surface area contributed by atoms with Gasteiger partial charge in [0.1, 0.15) is 0 Å². The number of hydrogen-bond donors (Lipinski definition) is 0. The van der Waals surface area contributed by atoms with Crippen molar-refractivity contribution in [2.75, 3.05) is 0 Å². The second-order valence-corrected chi connectivity index (χ2v) is 4.22. The minimum Gasteiger partial charge on any atom is -0.272 e. The van der Waals surface area contributed by atoms with Gasteiger partial charge in [-0.25, -0.2) is 0 Å². The van der Waals surface area contributed by atoms with E-state index in [1.165, 1.54) is 0 Å². The van der Waals surface area contributed by atoms with Crippen LogP contribution in [0, 0.1) is 12.3 Å². The summed E-state index contributed by atoms with van der Waals surface area (Å²) in [5, 5.41) is 4.31. The molecule has 0 aromatic carbocycles. The molecule has 1 rings (SSSR count). The van der Waals surface area contributed by atoms with Gasteiger partial charge in [-0.15, -0.1) is 0 Å². The molecule has 0 atom stereocenters. The molecule has 1 aromatic rings. The smallest absolute Gasteiger partial charge is 0.0593 e. The molecule has 0 fully saturated rings. The molecule has 0 unspecified atom stereocenters. The largest absolute Gasteiger partial charge is 0.272 e. The zero-order chi connectivity index (χ0) is 8.48. The van der Waals surface area contributed by atoms with Crippen molar-refractivity contribution >= 4 is 0 Å². The topological polar surface area (TPSA) is 17.8 Å². The van der Waals surface area contributed by atoms with Crippen LogP contribution in [0.15, 0.2) is 12.3 Å². The molecular weight excluding hydrogens is 136 g/mol. The molecule has 0 saturated carbocycles. The highest BCUT2D eigenvalue weighted by molar-refractivity contribution is 4.94. The lowest BCUT2D eigenvalue weighted by atomic mass is 9.97. The van der Waals surface area contributed by atoms with Gasteiger partial charge in [0.25, 0.3) is 0 Å². The van der Waals surface area contributed by atoms with Gasteiger partial charge in [0.05, 0.1) is 5.69 Å². The lowest BCUT2D eigenvalue weighted by Crippen LogP contribution is -2.15. The highest BCUT2D eigenvalue weighted by Gasteiger charge is 2.10. The monoisotopic (exact) mass is 152 g/mol. The summed E-state index contributed by atoms with van der Waals surface area (Å²) in [6.07, 6.45) is 2.03. The summed E-state index contributed by atoms with van der Waals surface area (Å²) in [5.41, 5.74) is 1.41. The average Bonchev–Trinajstić information content (AvgIpc) is 2.10. The van der Waals surface area contributed by atoms with Gasteiger partial charge < -0.3 is 0 Å². The normalized spacial score (nSPS) is 12.0. The van der Waals surface area contributed by atoms with Crippen LogP contribution in [0.1, 0.15) is 26.5 Å². The third-order valence-corrected chi connectivity index (χ3v) is 1.41. The lowest BCUT2D eigenvalue weighted by Gasteiger charge is -2.17. The molecule has 2 nitrogen and oxygen atoms in total. The zero-order valence-electron chi connectivity index (χ0n) is 7.76. The summed E-state index contributed by atoms with van der Waals surface area (Å²) < 4.78 is 2.00. The Morgan fingerprint density at radius 2 is 2.09 bits per heavy atom. The van der Waals surface area contributed by atoms with Crippen molar-refractivity contribution in [2.45, 2.75) is 34.2 Å². The van der Waals surface area contributed by atoms with E-state index >= 15 is 0 Å². The zero-order valence-corrected chi connectivity index (χ0v) is 7.76. The van der Waals surface area contributed by atoms with Crippen LogP contribution in [0.5, 0.6) is 0 Å². The van der Waals surface area contributed by atoms with Crippen LogP contribution < -0.4 is 0 Å². The summed E-state index contributed by atoms with van der Waals surface area (Å²) in [6.45, 7) is 9.64. The van der Waals surface area contributed by atoms with E-state index in [9.17, 15) is 0 Å². The maximum Gasteiger partial charge on any atom is 0.0593 e. The Kier molecular flexibility index (Phi) is 2.03. The Bertz CT molecular complexity index is 230. The fraction of sp³-hybridized carbons (Fsp3) is 0.667. The first-order chi connectivity index (χ1) is 4.97. The molecule has 1 heterocycles. The van der Waals surface area contributed by atoms with Crippen LogP contribution in [-0.2, 0) is 6.54 Å². The molecule has 0 spiro atoms. The van der Waals surface area contributed by atoms with E-state index in [1.54, 1.807) is 0 Å². The van der Waals surface area contributed by atoms with Crippen molar-refractivity contribution in [3.63, 3.8) is 0 Å². The molecule has 1 aromatic heterocycles. The van der Waals surface area contributed by atoms with Crippen LogP contribution in [-0.4, -0.2) is 9.78 Å². The third-order valence-electron chi connectivity index (χ3n) is 1.41. The van der Waals surface area contributed by atoms with Crippen molar-refractivity contribution in [3.8, 4) is 0 Å². The molecule has 0 N–H and O–H groups in total. The number of aryl methyl sites for hydroxylation is 1. The summed E-state index contributed by atoms with van der Waals surface area (Å²) in [4.78, 5) is 0. The maximum atomic E-state index is 4.31. The van der Waals surface area contributed by atoms with Gasteiger partial charge in [-0.1, -0.05) is 20.8 Å². The van der Waals surface area contributed by atoms with Crippen LogP contribution >= 0.6 is 0 Å². The summed E-state index contributed by atoms with van der Waals surface area (Å²) in [6, 6.07) is 2.03. The number of nitrogens with zero attached hydrogens (tertiary/aromatic N) is 2. The molecule has 0 amide bonds. The van der Waals surface area contributed by atoms with E-state index in [2.05, 4.69) is 25.9 Å². The van der Waals surface area contributed by atoms with Gasteiger partial charge >= 0.3 is 0 Å². The average molecular weight is 152 g/mol. The molecule has 11 heavy (non-hydrogen) atoms. The molecule has 0 aliphatic heterocycles. The fourth-order valence-corrected chi connectivity index (χ4v) is 1.04. The quantitative estimate of drug-likeness (QED) is 0.603. The maximum absolute atomic E-state index is 4.31. The predicted molar refractivity (Wildman–Crippen MR) is 46.4 cm³/mol. The summed E-state index contributed by atoms with van der Waals surface area (Å²) in [7, 11) is 0. The Labute approximate surface area is 68.2 Å².